The molecule has 0 aliphatic carbocycles. The molecule has 1 aromatic rings. The highest BCUT2D eigenvalue weighted by Gasteiger charge is 2.15. The Morgan fingerprint density at radius 2 is 2.00 bits per heavy atom. The Morgan fingerprint density at radius 3 is 2.43 bits per heavy atom. The first-order valence-corrected chi connectivity index (χ1v) is 6.94. The van der Waals surface area contributed by atoms with E-state index in [9.17, 15) is 8.42 Å². The zero-order valence-electron chi connectivity index (χ0n) is 7.54. The molecule has 0 unspecified atom stereocenters. The molecule has 0 atom stereocenters. The number of hydrogen-bond donors (Lipinski definition) is 0. The van der Waals surface area contributed by atoms with E-state index in [0.717, 1.165) is 9.83 Å². The molecular formula is C8H8ClIO3S. The van der Waals surface area contributed by atoms with Crippen LogP contribution in [-0.4, -0.2) is 21.8 Å². The summed E-state index contributed by atoms with van der Waals surface area (Å²) >= 11 is 7.83. The summed E-state index contributed by atoms with van der Waals surface area (Å²) < 4.78 is 28.4. The lowest BCUT2D eigenvalue weighted by Crippen LogP contribution is -2.00. The van der Waals surface area contributed by atoms with Gasteiger partial charge in [0.25, 0.3) is 0 Å². The number of hydrogen-bond acceptors (Lipinski definition) is 3. The quantitative estimate of drug-likeness (QED) is 0.772. The molecule has 78 valence electrons. The van der Waals surface area contributed by atoms with Crippen molar-refractivity contribution in [1.82, 2.24) is 0 Å². The molecule has 0 radical (unpaired) electrons. The van der Waals surface area contributed by atoms with Crippen molar-refractivity contribution >= 4 is 44.0 Å². The summed E-state index contributed by atoms with van der Waals surface area (Å²) in [7, 11) is -1.81. The van der Waals surface area contributed by atoms with Gasteiger partial charge in [0.05, 0.1) is 20.6 Å². The molecule has 1 rings (SSSR count). The van der Waals surface area contributed by atoms with Crippen molar-refractivity contribution in [3.8, 4) is 5.75 Å². The van der Waals surface area contributed by atoms with Crippen molar-refractivity contribution in [3.63, 3.8) is 0 Å². The summed E-state index contributed by atoms with van der Waals surface area (Å²) in [6.07, 6.45) is 1.11. The molecule has 0 N–H and O–H groups in total. The first kappa shape index (κ1) is 12.1. The number of ether oxygens (including phenoxy) is 1. The van der Waals surface area contributed by atoms with E-state index in [2.05, 4.69) is 0 Å². The van der Waals surface area contributed by atoms with Crippen LogP contribution in [0.25, 0.3) is 0 Å². The summed E-state index contributed by atoms with van der Waals surface area (Å²) in [4.78, 5) is 0.0939. The van der Waals surface area contributed by atoms with Crippen molar-refractivity contribution in [2.75, 3.05) is 13.4 Å². The molecule has 0 heterocycles. The summed E-state index contributed by atoms with van der Waals surface area (Å²) in [6.45, 7) is 0. The van der Waals surface area contributed by atoms with Crippen LogP contribution >= 0.6 is 34.2 Å². The number of methoxy groups -OCH3 is 1. The third kappa shape index (κ3) is 2.52. The molecule has 0 aliphatic rings. The predicted octanol–water partition coefficient (Wildman–Crippen LogP) is 2.36. The third-order valence-corrected chi connectivity index (χ3v) is 4.01. The minimum atomic E-state index is -3.30. The molecule has 1 aromatic carbocycles. The van der Waals surface area contributed by atoms with Gasteiger partial charge in [0.1, 0.15) is 5.75 Å². The molecule has 0 saturated heterocycles. The molecule has 6 heteroatoms. The van der Waals surface area contributed by atoms with Crippen molar-refractivity contribution in [2.45, 2.75) is 4.90 Å². The van der Waals surface area contributed by atoms with Crippen LogP contribution in [0.2, 0.25) is 5.02 Å². The second-order valence-electron chi connectivity index (χ2n) is 2.69. The summed E-state index contributed by atoms with van der Waals surface area (Å²) in [5, 5.41) is 0.220. The van der Waals surface area contributed by atoms with Crippen LogP contribution in [-0.2, 0) is 9.84 Å². The van der Waals surface area contributed by atoms with E-state index in [1.54, 1.807) is 6.07 Å². The van der Waals surface area contributed by atoms with E-state index in [4.69, 9.17) is 16.3 Å². The van der Waals surface area contributed by atoms with Gasteiger partial charge < -0.3 is 4.74 Å². The standard InChI is InChI=1S/C8H8ClIO3S/c1-13-7-4-8(14(2,11)12)5(9)3-6(7)10/h3-4H,1-2H3. The maximum absolute atomic E-state index is 11.3. The van der Waals surface area contributed by atoms with Crippen molar-refractivity contribution < 1.29 is 13.2 Å². The van der Waals surface area contributed by atoms with E-state index in [1.165, 1.54) is 13.2 Å². The maximum Gasteiger partial charge on any atom is 0.177 e. The SMILES string of the molecule is COc1cc(S(C)(=O)=O)c(Cl)cc1I. The second-order valence-corrected chi connectivity index (χ2v) is 6.24. The zero-order valence-corrected chi connectivity index (χ0v) is 11.3. The molecular weight excluding hydrogens is 339 g/mol. The summed E-state index contributed by atoms with van der Waals surface area (Å²) in [6, 6.07) is 3.00. The van der Waals surface area contributed by atoms with E-state index in [1.807, 2.05) is 22.6 Å². The molecule has 0 spiro atoms. The molecule has 0 bridgehead atoms. The van der Waals surface area contributed by atoms with Gasteiger partial charge in [0, 0.05) is 12.3 Å². The van der Waals surface area contributed by atoms with E-state index in [0.29, 0.717) is 5.75 Å². The number of halogens is 2. The van der Waals surface area contributed by atoms with Gasteiger partial charge in [0.2, 0.25) is 0 Å². The average molecular weight is 347 g/mol. The lowest BCUT2D eigenvalue weighted by molar-refractivity contribution is 0.410. The van der Waals surface area contributed by atoms with Crippen LogP contribution in [0.1, 0.15) is 0 Å². The van der Waals surface area contributed by atoms with Crippen LogP contribution < -0.4 is 4.74 Å². The lowest BCUT2D eigenvalue weighted by Gasteiger charge is -2.07. The van der Waals surface area contributed by atoms with E-state index in [-0.39, 0.29) is 9.92 Å². The Bertz CT molecular complexity index is 456. The largest absolute Gasteiger partial charge is 0.496 e. The minimum absolute atomic E-state index is 0.0939. The third-order valence-electron chi connectivity index (χ3n) is 1.61. The fraction of sp³-hybridized carbons (Fsp3) is 0.250. The Hall–Kier alpha value is -0.0100. The van der Waals surface area contributed by atoms with Crippen molar-refractivity contribution in [2.24, 2.45) is 0 Å². The highest BCUT2D eigenvalue weighted by Crippen LogP contribution is 2.30. The zero-order chi connectivity index (χ0) is 10.9. The fourth-order valence-corrected chi connectivity index (χ4v) is 3.14. The Labute approximate surface area is 101 Å². The number of sulfone groups is 1. The lowest BCUT2D eigenvalue weighted by atomic mass is 10.3. The average Bonchev–Trinajstić information content (AvgIpc) is 2.02. The van der Waals surface area contributed by atoms with Crippen LogP contribution in [0.15, 0.2) is 17.0 Å². The Balaban J connectivity index is 3.47. The summed E-state index contributed by atoms with van der Waals surface area (Å²) in [5.74, 6) is 0.510. The molecule has 0 aromatic heterocycles. The Kier molecular flexibility index (Phi) is 3.65. The first-order valence-electron chi connectivity index (χ1n) is 3.59. The van der Waals surface area contributed by atoms with Gasteiger partial charge in [-0.25, -0.2) is 8.42 Å². The number of rotatable bonds is 2. The molecule has 0 amide bonds. The van der Waals surface area contributed by atoms with Gasteiger partial charge in [-0.3, -0.25) is 0 Å². The van der Waals surface area contributed by atoms with Gasteiger partial charge in [-0.15, -0.1) is 0 Å². The fourth-order valence-electron chi connectivity index (χ4n) is 0.951. The second kappa shape index (κ2) is 4.24. The van der Waals surface area contributed by atoms with Crippen LogP contribution in [0.3, 0.4) is 0 Å². The highest BCUT2D eigenvalue weighted by atomic mass is 127. The van der Waals surface area contributed by atoms with Gasteiger partial charge in [0.15, 0.2) is 9.84 Å². The van der Waals surface area contributed by atoms with Gasteiger partial charge in [-0.2, -0.15) is 0 Å². The van der Waals surface area contributed by atoms with Gasteiger partial charge >= 0.3 is 0 Å². The molecule has 0 fully saturated rings. The van der Waals surface area contributed by atoms with Crippen LogP contribution in [0, 0.1) is 3.57 Å². The molecule has 3 nitrogen and oxygen atoms in total. The highest BCUT2D eigenvalue weighted by molar-refractivity contribution is 14.1. The molecule has 0 saturated carbocycles. The van der Waals surface area contributed by atoms with E-state index >= 15 is 0 Å². The smallest absolute Gasteiger partial charge is 0.177 e. The Morgan fingerprint density at radius 1 is 1.43 bits per heavy atom. The number of benzene rings is 1. The van der Waals surface area contributed by atoms with Crippen LogP contribution in [0.5, 0.6) is 5.75 Å². The first-order chi connectivity index (χ1) is 6.36. The maximum atomic E-state index is 11.3. The monoisotopic (exact) mass is 346 g/mol. The van der Waals surface area contributed by atoms with Gasteiger partial charge in [-0.1, -0.05) is 11.6 Å². The topological polar surface area (TPSA) is 43.4 Å². The molecule has 14 heavy (non-hydrogen) atoms. The van der Waals surface area contributed by atoms with E-state index < -0.39 is 9.84 Å². The van der Waals surface area contributed by atoms with Crippen LogP contribution in [0.4, 0.5) is 0 Å². The van der Waals surface area contributed by atoms with Gasteiger partial charge in [-0.05, 0) is 28.7 Å². The normalized spacial score (nSPS) is 11.4. The summed E-state index contributed by atoms with van der Waals surface area (Å²) in [5.41, 5.74) is 0. The molecule has 0 aliphatic heterocycles. The minimum Gasteiger partial charge on any atom is -0.496 e. The van der Waals surface area contributed by atoms with Crippen molar-refractivity contribution in [3.05, 3.63) is 20.7 Å². The van der Waals surface area contributed by atoms with Crippen molar-refractivity contribution in [1.29, 1.82) is 0 Å². The predicted molar refractivity (Wildman–Crippen MR) is 63.8 cm³/mol.